The smallest absolute Gasteiger partial charge is 0.300 e. The number of hydrogen-bond acceptors (Lipinski definition) is 4. The van der Waals surface area contributed by atoms with Crippen molar-refractivity contribution in [3.05, 3.63) is 27.4 Å². The first-order chi connectivity index (χ1) is 7.71. The quantitative estimate of drug-likeness (QED) is 0.671. The maximum Gasteiger partial charge on any atom is 0.322 e. The Labute approximate surface area is 98.7 Å². The predicted octanol–water partition coefficient (Wildman–Crippen LogP) is 2.24. The van der Waals surface area contributed by atoms with E-state index >= 15 is 0 Å². The number of nitrogens with one attached hydrogen (secondary N) is 1. The van der Waals surface area contributed by atoms with Gasteiger partial charge in [0.25, 0.3) is 5.91 Å². The summed E-state index contributed by atoms with van der Waals surface area (Å²) in [5.74, 6) is -5.92. The Morgan fingerprint density at radius 1 is 1.65 bits per heavy atom. The van der Waals surface area contributed by atoms with Crippen molar-refractivity contribution in [3.8, 4) is 0 Å². The van der Waals surface area contributed by atoms with E-state index < -0.39 is 28.3 Å². The fourth-order valence-electron chi connectivity index (χ4n) is 0.881. The minimum atomic E-state index is -3.66. The Balaban J connectivity index is 3.07. The molecule has 0 aliphatic heterocycles. The molecular weight excluding hydrogens is 260 g/mol. The van der Waals surface area contributed by atoms with Crippen LogP contribution in [0.4, 0.5) is 20.3 Å². The van der Waals surface area contributed by atoms with E-state index in [1.807, 2.05) is 0 Å². The van der Waals surface area contributed by atoms with Crippen molar-refractivity contribution in [1.29, 1.82) is 0 Å². The topological polar surface area (TPSA) is 85.1 Å². The summed E-state index contributed by atoms with van der Waals surface area (Å²) < 4.78 is 25.2. The van der Waals surface area contributed by atoms with Crippen LogP contribution >= 0.6 is 11.6 Å². The van der Waals surface area contributed by atoms with E-state index in [4.69, 9.17) is 11.6 Å². The summed E-state index contributed by atoms with van der Waals surface area (Å²) in [6.45, 7) is 0.365. The van der Waals surface area contributed by atoms with E-state index in [9.17, 15) is 23.7 Å². The Hall–Kier alpha value is -1.83. The van der Waals surface area contributed by atoms with Crippen LogP contribution in [0.2, 0.25) is 5.02 Å². The standard InChI is InChI=1S/C8H6ClF2N3O3/c1-8(10,11)7(15)13-6-5(14(16)17)2-4(9)3-12-6/h2-3H,1H3,(H,12,13,15). The minimum Gasteiger partial charge on any atom is -0.300 e. The molecule has 0 atom stereocenters. The zero-order valence-corrected chi connectivity index (χ0v) is 9.16. The van der Waals surface area contributed by atoms with Gasteiger partial charge in [-0.3, -0.25) is 20.2 Å². The van der Waals surface area contributed by atoms with Gasteiger partial charge in [-0.05, 0) is 0 Å². The van der Waals surface area contributed by atoms with Crippen LogP contribution in [0, 0.1) is 10.1 Å². The molecule has 0 aliphatic carbocycles. The van der Waals surface area contributed by atoms with Gasteiger partial charge in [0.2, 0.25) is 5.82 Å². The van der Waals surface area contributed by atoms with Crippen molar-refractivity contribution in [2.45, 2.75) is 12.8 Å². The maximum atomic E-state index is 12.6. The van der Waals surface area contributed by atoms with Crippen molar-refractivity contribution < 1.29 is 18.5 Å². The number of halogens is 3. The monoisotopic (exact) mass is 265 g/mol. The van der Waals surface area contributed by atoms with Gasteiger partial charge >= 0.3 is 11.6 Å². The molecule has 6 nitrogen and oxygen atoms in total. The lowest BCUT2D eigenvalue weighted by Crippen LogP contribution is -2.31. The first-order valence-electron chi connectivity index (χ1n) is 4.21. The molecule has 9 heteroatoms. The van der Waals surface area contributed by atoms with Gasteiger partial charge in [-0.15, -0.1) is 0 Å². The first kappa shape index (κ1) is 13.2. The average molecular weight is 266 g/mol. The van der Waals surface area contributed by atoms with Gasteiger partial charge in [-0.1, -0.05) is 11.6 Å². The molecule has 92 valence electrons. The van der Waals surface area contributed by atoms with Gasteiger partial charge in [0.05, 0.1) is 9.95 Å². The van der Waals surface area contributed by atoms with Gasteiger partial charge < -0.3 is 0 Å². The van der Waals surface area contributed by atoms with Gasteiger partial charge in [0.1, 0.15) is 0 Å². The molecular formula is C8H6ClF2N3O3. The molecule has 0 saturated heterocycles. The summed E-state index contributed by atoms with van der Waals surface area (Å²) in [5, 5.41) is 12.2. The second-order valence-electron chi connectivity index (χ2n) is 3.12. The molecule has 1 heterocycles. The lowest BCUT2D eigenvalue weighted by atomic mass is 10.3. The average Bonchev–Trinajstić information content (AvgIpc) is 2.18. The maximum absolute atomic E-state index is 12.6. The zero-order chi connectivity index (χ0) is 13.2. The van der Waals surface area contributed by atoms with Crippen molar-refractivity contribution in [3.63, 3.8) is 0 Å². The number of carbonyl (C=O) groups is 1. The number of carbonyl (C=O) groups excluding carboxylic acids is 1. The van der Waals surface area contributed by atoms with Crippen molar-refractivity contribution in [2.24, 2.45) is 0 Å². The lowest BCUT2D eigenvalue weighted by Gasteiger charge is -2.10. The van der Waals surface area contributed by atoms with Crippen molar-refractivity contribution >= 4 is 29.0 Å². The van der Waals surface area contributed by atoms with Gasteiger partial charge in [0, 0.05) is 19.2 Å². The fourth-order valence-corrected chi connectivity index (χ4v) is 1.03. The van der Waals surface area contributed by atoms with Crippen molar-refractivity contribution in [2.75, 3.05) is 5.32 Å². The molecule has 0 unspecified atom stereocenters. The normalized spacial score (nSPS) is 11.1. The number of nitrogens with zero attached hydrogens (tertiary/aromatic N) is 2. The summed E-state index contributed by atoms with van der Waals surface area (Å²) >= 11 is 5.46. The summed E-state index contributed by atoms with van der Waals surface area (Å²) in [4.78, 5) is 24.0. The van der Waals surface area contributed by atoms with E-state index in [1.165, 1.54) is 0 Å². The van der Waals surface area contributed by atoms with Crippen LogP contribution in [0.15, 0.2) is 12.3 Å². The molecule has 0 bridgehead atoms. The van der Waals surface area contributed by atoms with Crippen LogP contribution < -0.4 is 5.32 Å². The highest BCUT2D eigenvalue weighted by Gasteiger charge is 2.34. The molecule has 1 aromatic rings. The van der Waals surface area contributed by atoms with Crippen LogP contribution in [-0.4, -0.2) is 21.7 Å². The molecule has 1 amide bonds. The number of hydrogen-bond donors (Lipinski definition) is 1. The van der Waals surface area contributed by atoms with E-state index in [0.29, 0.717) is 6.92 Å². The van der Waals surface area contributed by atoms with Gasteiger partial charge in [0.15, 0.2) is 0 Å². The van der Waals surface area contributed by atoms with Crippen LogP contribution in [0.5, 0.6) is 0 Å². The highest BCUT2D eigenvalue weighted by molar-refractivity contribution is 6.30. The number of amides is 1. The lowest BCUT2D eigenvalue weighted by molar-refractivity contribution is -0.384. The van der Waals surface area contributed by atoms with E-state index in [0.717, 1.165) is 12.3 Å². The molecule has 17 heavy (non-hydrogen) atoms. The number of alkyl halides is 2. The Kier molecular flexibility index (Phi) is 3.56. The molecule has 0 aromatic carbocycles. The highest BCUT2D eigenvalue weighted by atomic mass is 35.5. The first-order valence-corrected chi connectivity index (χ1v) is 4.59. The van der Waals surface area contributed by atoms with E-state index in [-0.39, 0.29) is 5.02 Å². The largest absolute Gasteiger partial charge is 0.322 e. The Morgan fingerprint density at radius 2 is 2.24 bits per heavy atom. The summed E-state index contributed by atoms with van der Waals surface area (Å²) in [5.41, 5.74) is -0.657. The van der Waals surface area contributed by atoms with Crippen LogP contribution in [-0.2, 0) is 4.79 Å². The second-order valence-corrected chi connectivity index (χ2v) is 3.56. The summed E-state index contributed by atoms with van der Waals surface area (Å²) in [6, 6.07) is 0.901. The number of aromatic nitrogens is 1. The highest BCUT2D eigenvalue weighted by Crippen LogP contribution is 2.26. The fraction of sp³-hybridized carbons (Fsp3) is 0.250. The van der Waals surface area contributed by atoms with Crippen LogP contribution in [0.1, 0.15) is 6.92 Å². The predicted molar refractivity (Wildman–Crippen MR) is 55.2 cm³/mol. The SMILES string of the molecule is CC(F)(F)C(=O)Nc1ncc(Cl)cc1[N+](=O)[O-]. The zero-order valence-electron chi connectivity index (χ0n) is 8.41. The minimum absolute atomic E-state index is 0.0436. The summed E-state index contributed by atoms with van der Waals surface area (Å²) in [6.07, 6.45) is 0.998. The molecule has 0 aliphatic rings. The van der Waals surface area contributed by atoms with E-state index in [1.54, 1.807) is 5.32 Å². The second kappa shape index (κ2) is 4.58. The van der Waals surface area contributed by atoms with E-state index in [2.05, 4.69) is 4.98 Å². The molecule has 0 saturated carbocycles. The third-order valence-corrected chi connectivity index (χ3v) is 1.87. The molecule has 1 aromatic heterocycles. The molecule has 1 N–H and O–H groups in total. The number of anilines is 1. The van der Waals surface area contributed by atoms with Gasteiger partial charge in [-0.2, -0.15) is 8.78 Å². The number of pyridine rings is 1. The number of nitro groups is 1. The molecule has 0 fully saturated rings. The van der Waals surface area contributed by atoms with Crippen LogP contribution in [0.3, 0.4) is 0 Å². The summed E-state index contributed by atoms with van der Waals surface area (Å²) in [7, 11) is 0. The van der Waals surface area contributed by atoms with Gasteiger partial charge in [-0.25, -0.2) is 4.98 Å². The molecule has 0 spiro atoms. The molecule has 0 radical (unpaired) electrons. The Morgan fingerprint density at radius 3 is 2.71 bits per heavy atom. The third kappa shape index (κ3) is 3.31. The third-order valence-electron chi connectivity index (χ3n) is 1.66. The van der Waals surface area contributed by atoms with Crippen LogP contribution in [0.25, 0.3) is 0 Å². The Bertz CT molecular complexity index is 476. The van der Waals surface area contributed by atoms with Crippen molar-refractivity contribution in [1.82, 2.24) is 4.98 Å². The molecule has 1 rings (SSSR count). The number of rotatable bonds is 3.